The van der Waals surface area contributed by atoms with Gasteiger partial charge in [-0.3, -0.25) is 0 Å². The van der Waals surface area contributed by atoms with Crippen LogP contribution in [0.15, 0.2) is 28.9 Å². The number of hydrogen-bond acceptors (Lipinski definition) is 4. The fourth-order valence-electron chi connectivity index (χ4n) is 2.89. The SMILES string of the molecule is CC(C)(C)OC(=O)N1CCC(O)(c2cc(F)cc3ccoc23)C1. The number of nitrogens with zero attached hydrogens (tertiary/aromatic N) is 1. The molecule has 0 aliphatic carbocycles. The summed E-state index contributed by atoms with van der Waals surface area (Å²) in [5, 5.41) is 11.5. The molecule has 1 atom stereocenters. The van der Waals surface area contributed by atoms with Crippen LogP contribution in [0.3, 0.4) is 0 Å². The monoisotopic (exact) mass is 321 g/mol. The maximum atomic E-state index is 13.8. The van der Waals surface area contributed by atoms with Crippen LogP contribution in [0.25, 0.3) is 11.0 Å². The van der Waals surface area contributed by atoms with Crippen molar-refractivity contribution in [1.29, 1.82) is 0 Å². The molecule has 5 nitrogen and oxygen atoms in total. The predicted octanol–water partition coefficient (Wildman–Crippen LogP) is 3.40. The quantitative estimate of drug-likeness (QED) is 0.874. The average molecular weight is 321 g/mol. The van der Waals surface area contributed by atoms with Crippen LogP contribution < -0.4 is 0 Å². The van der Waals surface area contributed by atoms with Gasteiger partial charge in [0.05, 0.1) is 12.8 Å². The minimum Gasteiger partial charge on any atom is -0.464 e. The molecule has 2 heterocycles. The van der Waals surface area contributed by atoms with Crippen molar-refractivity contribution < 1.29 is 23.4 Å². The number of likely N-dealkylation sites (tertiary alicyclic amines) is 1. The molecule has 0 radical (unpaired) electrons. The van der Waals surface area contributed by atoms with Crippen molar-refractivity contribution in [1.82, 2.24) is 4.90 Å². The van der Waals surface area contributed by atoms with Gasteiger partial charge in [0.2, 0.25) is 0 Å². The third kappa shape index (κ3) is 3.03. The van der Waals surface area contributed by atoms with E-state index in [1.807, 2.05) is 0 Å². The largest absolute Gasteiger partial charge is 0.464 e. The highest BCUT2D eigenvalue weighted by Gasteiger charge is 2.42. The van der Waals surface area contributed by atoms with Crippen molar-refractivity contribution in [2.75, 3.05) is 13.1 Å². The number of fused-ring (bicyclic) bond motifs is 1. The van der Waals surface area contributed by atoms with E-state index in [2.05, 4.69) is 0 Å². The Kier molecular flexibility index (Phi) is 3.59. The number of amides is 1. The Morgan fingerprint density at radius 2 is 2.17 bits per heavy atom. The van der Waals surface area contributed by atoms with Crippen molar-refractivity contribution >= 4 is 17.1 Å². The molecule has 2 aromatic rings. The lowest BCUT2D eigenvalue weighted by Gasteiger charge is -2.26. The zero-order valence-corrected chi connectivity index (χ0v) is 13.4. The van der Waals surface area contributed by atoms with Gasteiger partial charge in [-0.1, -0.05) is 0 Å². The van der Waals surface area contributed by atoms with E-state index in [1.54, 1.807) is 26.8 Å². The number of carbonyl (C=O) groups excluding carboxylic acids is 1. The molecular formula is C17H20FNO4. The van der Waals surface area contributed by atoms with Crippen molar-refractivity contribution in [2.24, 2.45) is 0 Å². The molecule has 6 heteroatoms. The first kappa shape index (κ1) is 15.8. The van der Waals surface area contributed by atoms with Gasteiger partial charge in [0, 0.05) is 17.5 Å². The summed E-state index contributed by atoms with van der Waals surface area (Å²) < 4.78 is 24.5. The van der Waals surface area contributed by atoms with E-state index < -0.39 is 23.1 Å². The van der Waals surface area contributed by atoms with Gasteiger partial charge in [-0.25, -0.2) is 9.18 Å². The third-order valence-corrected chi connectivity index (χ3v) is 3.92. The van der Waals surface area contributed by atoms with E-state index in [0.29, 0.717) is 29.5 Å². The van der Waals surface area contributed by atoms with Crippen molar-refractivity contribution in [2.45, 2.75) is 38.4 Å². The Morgan fingerprint density at radius 3 is 2.87 bits per heavy atom. The fraction of sp³-hybridized carbons (Fsp3) is 0.471. The van der Waals surface area contributed by atoms with Gasteiger partial charge < -0.3 is 19.2 Å². The number of rotatable bonds is 1. The van der Waals surface area contributed by atoms with Crippen molar-refractivity contribution in [3.63, 3.8) is 0 Å². The molecule has 0 spiro atoms. The van der Waals surface area contributed by atoms with E-state index in [4.69, 9.17) is 9.15 Å². The highest BCUT2D eigenvalue weighted by Crippen LogP contribution is 2.37. The topological polar surface area (TPSA) is 62.9 Å². The second kappa shape index (κ2) is 5.23. The van der Waals surface area contributed by atoms with Gasteiger partial charge in [-0.2, -0.15) is 0 Å². The summed E-state index contributed by atoms with van der Waals surface area (Å²) in [7, 11) is 0. The Hall–Kier alpha value is -2.08. The molecule has 1 fully saturated rings. The number of hydrogen-bond donors (Lipinski definition) is 1. The predicted molar refractivity (Wildman–Crippen MR) is 82.5 cm³/mol. The zero-order valence-electron chi connectivity index (χ0n) is 13.4. The van der Waals surface area contributed by atoms with Crippen molar-refractivity contribution in [3.8, 4) is 0 Å². The summed E-state index contributed by atoms with van der Waals surface area (Å²) in [5.74, 6) is -0.446. The smallest absolute Gasteiger partial charge is 0.410 e. The molecule has 1 unspecified atom stereocenters. The minimum absolute atomic E-state index is 0.0428. The molecule has 0 bridgehead atoms. The van der Waals surface area contributed by atoms with Gasteiger partial charge in [0.25, 0.3) is 0 Å². The minimum atomic E-state index is -1.35. The van der Waals surface area contributed by atoms with Crippen LogP contribution in [-0.2, 0) is 10.3 Å². The van der Waals surface area contributed by atoms with Crippen LogP contribution in [0.2, 0.25) is 0 Å². The molecule has 1 aliphatic heterocycles. The maximum Gasteiger partial charge on any atom is 0.410 e. The normalized spacial score (nSPS) is 21.9. The number of benzene rings is 1. The summed E-state index contributed by atoms with van der Waals surface area (Å²) in [4.78, 5) is 13.6. The van der Waals surface area contributed by atoms with Crippen LogP contribution >= 0.6 is 0 Å². The van der Waals surface area contributed by atoms with Gasteiger partial charge >= 0.3 is 6.09 Å². The molecule has 1 amide bonds. The molecule has 1 saturated heterocycles. The molecule has 1 N–H and O–H groups in total. The average Bonchev–Trinajstić information content (AvgIpc) is 3.03. The molecule has 0 saturated carbocycles. The van der Waals surface area contributed by atoms with Crippen LogP contribution in [-0.4, -0.2) is 34.8 Å². The first-order valence-corrected chi connectivity index (χ1v) is 7.55. The van der Waals surface area contributed by atoms with E-state index in [9.17, 15) is 14.3 Å². The van der Waals surface area contributed by atoms with Crippen LogP contribution in [0.1, 0.15) is 32.8 Å². The first-order chi connectivity index (χ1) is 10.7. The van der Waals surface area contributed by atoms with Crippen LogP contribution in [0.4, 0.5) is 9.18 Å². The van der Waals surface area contributed by atoms with Crippen molar-refractivity contribution in [3.05, 3.63) is 35.8 Å². The van der Waals surface area contributed by atoms with Gasteiger partial charge in [0.15, 0.2) is 0 Å². The summed E-state index contributed by atoms with van der Waals surface area (Å²) in [6.45, 7) is 5.73. The van der Waals surface area contributed by atoms with Crippen LogP contribution in [0.5, 0.6) is 0 Å². The summed E-state index contributed by atoms with van der Waals surface area (Å²) in [6, 6.07) is 4.27. The summed E-state index contributed by atoms with van der Waals surface area (Å²) in [6.07, 6.45) is 1.27. The number of carbonyl (C=O) groups is 1. The second-order valence-corrected chi connectivity index (χ2v) is 6.98. The molecule has 1 aromatic heterocycles. The van der Waals surface area contributed by atoms with E-state index in [0.717, 1.165) is 0 Å². The number of ether oxygens (including phenoxy) is 1. The van der Waals surface area contributed by atoms with Gasteiger partial charge in [-0.05, 0) is 45.4 Å². The zero-order chi connectivity index (χ0) is 16.8. The van der Waals surface area contributed by atoms with E-state index in [-0.39, 0.29) is 6.54 Å². The Balaban J connectivity index is 1.88. The molecular weight excluding hydrogens is 301 g/mol. The van der Waals surface area contributed by atoms with E-state index >= 15 is 0 Å². The van der Waals surface area contributed by atoms with E-state index in [1.165, 1.54) is 23.3 Å². The molecule has 1 aromatic carbocycles. The number of furan rings is 1. The molecule has 3 rings (SSSR count). The lowest BCUT2D eigenvalue weighted by Crippen LogP contribution is -2.38. The number of halogens is 1. The molecule has 1 aliphatic rings. The highest BCUT2D eigenvalue weighted by atomic mass is 19.1. The molecule has 124 valence electrons. The van der Waals surface area contributed by atoms with Gasteiger partial charge in [-0.15, -0.1) is 0 Å². The van der Waals surface area contributed by atoms with Crippen LogP contribution in [0, 0.1) is 5.82 Å². The number of aliphatic hydroxyl groups is 1. The lowest BCUT2D eigenvalue weighted by atomic mass is 9.91. The Bertz CT molecular complexity index is 749. The number of β-amino-alcohol motifs (C(OH)–C–C–N with tert-alkyl or cyclic N) is 1. The second-order valence-electron chi connectivity index (χ2n) is 6.98. The Morgan fingerprint density at radius 1 is 1.43 bits per heavy atom. The Labute approximate surface area is 133 Å². The first-order valence-electron chi connectivity index (χ1n) is 7.55. The fourth-order valence-corrected chi connectivity index (χ4v) is 2.89. The third-order valence-electron chi connectivity index (χ3n) is 3.92. The highest BCUT2D eigenvalue weighted by molar-refractivity contribution is 5.81. The summed E-state index contributed by atoms with van der Waals surface area (Å²) in [5.41, 5.74) is -1.15. The lowest BCUT2D eigenvalue weighted by molar-refractivity contribution is 0.0141. The maximum absolute atomic E-state index is 13.8. The standard InChI is InChI=1S/C17H20FNO4/c1-16(2,3)23-15(20)19-6-5-17(21,10-19)13-9-12(18)8-11-4-7-22-14(11)13/h4,7-9,21H,5-6,10H2,1-3H3. The molecule has 23 heavy (non-hydrogen) atoms. The van der Waals surface area contributed by atoms with Gasteiger partial charge in [0.1, 0.15) is 22.6 Å². The summed E-state index contributed by atoms with van der Waals surface area (Å²) >= 11 is 0.